The van der Waals surface area contributed by atoms with Crippen LogP contribution in [0.3, 0.4) is 0 Å². The summed E-state index contributed by atoms with van der Waals surface area (Å²) in [5, 5.41) is 6.18. The minimum atomic E-state index is -0.314. The summed E-state index contributed by atoms with van der Waals surface area (Å²) in [4.78, 5) is 8.27. The van der Waals surface area contributed by atoms with Crippen molar-refractivity contribution >= 4 is 33.3 Å². The summed E-state index contributed by atoms with van der Waals surface area (Å²) >= 11 is 3.30. The lowest BCUT2D eigenvalue weighted by Gasteiger charge is -2.14. The molecule has 2 rings (SSSR count). The number of benzene rings is 1. The molecule has 5 nitrogen and oxygen atoms in total. The zero-order valence-electron chi connectivity index (χ0n) is 11.1. The van der Waals surface area contributed by atoms with Gasteiger partial charge in [0.25, 0.3) is 0 Å². The predicted molar refractivity (Wildman–Crippen MR) is 80.1 cm³/mol. The maximum atomic E-state index is 13.1. The number of nitrogens with one attached hydrogen (secondary N) is 2. The molecule has 0 unspecified atom stereocenters. The molecule has 0 aliphatic carbocycles. The molecule has 106 valence electrons. The summed E-state index contributed by atoms with van der Waals surface area (Å²) in [6, 6.07) is 4.36. The fourth-order valence-corrected chi connectivity index (χ4v) is 2.12. The van der Waals surface area contributed by atoms with Gasteiger partial charge >= 0.3 is 0 Å². The van der Waals surface area contributed by atoms with Crippen molar-refractivity contribution in [3.8, 4) is 5.75 Å². The maximum Gasteiger partial charge on any atom is 0.204 e. The van der Waals surface area contributed by atoms with Gasteiger partial charge in [0.05, 0.1) is 12.8 Å². The molecule has 2 N–H and O–H groups in total. The number of hydrogen-bond donors (Lipinski definition) is 2. The van der Waals surface area contributed by atoms with Crippen LogP contribution in [-0.4, -0.2) is 23.6 Å². The first-order chi connectivity index (χ1) is 9.65. The highest BCUT2D eigenvalue weighted by molar-refractivity contribution is 9.10. The Kier molecular flexibility index (Phi) is 4.73. The summed E-state index contributed by atoms with van der Waals surface area (Å²) in [6.07, 6.45) is 1.43. The molecule has 7 heteroatoms. The van der Waals surface area contributed by atoms with E-state index in [9.17, 15) is 4.39 Å². The van der Waals surface area contributed by atoms with E-state index in [1.807, 2.05) is 6.92 Å². The summed E-state index contributed by atoms with van der Waals surface area (Å²) in [5.74, 6) is 1.30. The minimum absolute atomic E-state index is 0.314. The molecule has 0 amide bonds. The normalized spacial score (nSPS) is 10.2. The molecule has 20 heavy (non-hydrogen) atoms. The molecule has 0 bridgehead atoms. The van der Waals surface area contributed by atoms with Crippen molar-refractivity contribution in [2.24, 2.45) is 0 Å². The van der Waals surface area contributed by atoms with Crippen LogP contribution in [0.2, 0.25) is 0 Å². The van der Waals surface area contributed by atoms with E-state index in [1.54, 1.807) is 13.2 Å². The van der Waals surface area contributed by atoms with Crippen LogP contribution in [0.1, 0.15) is 6.92 Å². The number of halogens is 2. The highest BCUT2D eigenvalue weighted by Gasteiger charge is 2.13. The second-order valence-electron chi connectivity index (χ2n) is 3.88. The van der Waals surface area contributed by atoms with Crippen molar-refractivity contribution in [1.82, 2.24) is 9.97 Å². The van der Waals surface area contributed by atoms with Gasteiger partial charge in [0.15, 0.2) is 11.6 Å². The summed E-state index contributed by atoms with van der Waals surface area (Å²) in [5.41, 5.74) is 0.686. The van der Waals surface area contributed by atoms with Crippen molar-refractivity contribution in [2.45, 2.75) is 6.92 Å². The van der Waals surface area contributed by atoms with Crippen molar-refractivity contribution in [2.75, 3.05) is 24.3 Å². The molecule has 0 fully saturated rings. The number of hydrogen-bond acceptors (Lipinski definition) is 5. The van der Waals surface area contributed by atoms with E-state index < -0.39 is 0 Å². The lowest BCUT2D eigenvalue weighted by atomic mass is 10.3. The molecule has 0 radical (unpaired) electrons. The SMILES string of the molecule is CCNc1ncnc(Nc2ccc(F)cc2Br)c1OC. The maximum absolute atomic E-state index is 13.1. The van der Waals surface area contributed by atoms with E-state index in [0.717, 1.165) is 0 Å². The topological polar surface area (TPSA) is 59.1 Å². The molecule has 0 saturated heterocycles. The largest absolute Gasteiger partial charge is 0.490 e. The van der Waals surface area contributed by atoms with Gasteiger partial charge in [0, 0.05) is 11.0 Å². The van der Waals surface area contributed by atoms with Crippen LogP contribution in [0.4, 0.5) is 21.7 Å². The Morgan fingerprint density at radius 1 is 1.30 bits per heavy atom. The van der Waals surface area contributed by atoms with Gasteiger partial charge in [-0.05, 0) is 41.1 Å². The Morgan fingerprint density at radius 2 is 2.05 bits per heavy atom. The van der Waals surface area contributed by atoms with Crippen LogP contribution in [-0.2, 0) is 0 Å². The predicted octanol–water partition coefficient (Wildman–Crippen LogP) is 3.56. The Hall–Kier alpha value is -1.89. The van der Waals surface area contributed by atoms with Gasteiger partial charge in [-0.25, -0.2) is 14.4 Å². The molecule has 0 aliphatic heterocycles. The van der Waals surface area contributed by atoms with Gasteiger partial charge in [0.1, 0.15) is 12.1 Å². The smallest absolute Gasteiger partial charge is 0.204 e. The molecule has 0 spiro atoms. The van der Waals surface area contributed by atoms with Gasteiger partial charge in [-0.1, -0.05) is 0 Å². The van der Waals surface area contributed by atoms with Gasteiger partial charge in [-0.3, -0.25) is 0 Å². The van der Waals surface area contributed by atoms with Crippen molar-refractivity contribution < 1.29 is 9.13 Å². The first kappa shape index (κ1) is 14.5. The van der Waals surface area contributed by atoms with Crippen LogP contribution in [0, 0.1) is 5.82 Å². The quantitative estimate of drug-likeness (QED) is 0.871. The van der Waals surface area contributed by atoms with E-state index in [2.05, 4.69) is 36.5 Å². The third kappa shape index (κ3) is 3.16. The van der Waals surface area contributed by atoms with Crippen molar-refractivity contribution in [3.05, 3.63) is 34.8 Å². The lowest BCUT2D eigenvalue weighted by molar-refractivity contribution is 0.415. The standard InChI is InChI=1S/C13H14BrFN4O/c1-3-16-12-11(20-2)13(18-7-17-12)19-10-5-4-8(15)6-9(10)14/h4-7H,3H2,1-2H3,(H2,16,17,18,19). The van der Waals surface area contributed by atoms with Crippen LogP contribution in [0.5, 0.6) is 5.75 Å². The van der Waals surface area contributed by atoms with Crippen LogP contribution < -0.4 is 15.4 Å². The highest BCUT2D eigenvalue weighted by Crippen LogP contribution is 2.33. The first-order valence-corrected chi connectivity index (χ1v) is 6.80. The molecule has 1 heterocycles. The molecule has 0 aliphatic rings. The number of aromatic nitrogens is 2. The molecular weight excluding hydrogens is 327 g/mol. The fraction of sp³-hybridized carbons (Fsp3) is 0.231. The van der Waals surface area contributed by atoms with Gasteiger partial charge < -0.3 is 15.4 Å². The lowest BCUT2D eigenvalue weighted by Crippen LogP contribution is -2.06. The Balaban J connectivity index is 2.35. The van der Waals surface area contributed by atoms with Crippen LogP contribution >= 0.6 is 15.9 Å². The Bertz CT molecular complexity index is 609. The molecular formula is C13H14BrFN4O. The van der Waals surface area contributed by atoms with Crippen molar-refractivity contribution in [3.63, 3.8) is 0 Å². The number of ether oxygens (including phenoxy) is 1. The molecule has 0 atom stereocenters. The monoisotopic (exact) mass is 340 g/mol. The average Bonchev–Trinajstić information content (AvgIpc) is 2.42. The average molecular weight is 341 g/mol. The number of methoxy groups -OCH3 is 1. The third-order valence-electron chi connectivity index (χ3n) is 2.54. The number of rotatable bonds is 5. The zero-order chi connectivity index (χ0) is 14.5. The second-order valence-corrected chi connectivity index (χ2v) is 4.74. The van der Waals surface area contributed by atoms with E-state index in [1.165, 1.54) is 18.5 Å². The number of anilines is 3. The van der Waals surface area contributed by atoms with Gasteiger partial charge in [-0.2, -0.15) is 0 Å². The first-order valence-electron chi connectivity index (χ1n) is 6.00. The van der Waals surface area contributed by atoms with Crippen LogP contribution in [0.25, 0.3) is 0 Å². The number of nitrogens with zero attached hydrogens (tertiary/aromatic N) is 2. The third-order valence-corrected chi connectivity index (χ3v) is 3.19. The Morgan fingerprint density at radius 3 is 2.70 bits per heavy atom. The van der Waals surface area contributed by atoms with E-state index in [0.29, 0.717) is 34.1 Å². The summed E-state index contributed by atoms with van der Waals surface area (Å²) in [6.45, 7) is 2.68. The van der Waals surface area contributed by atoms with E-state index >= 15 is 0 Å². The molecule has 1 aromatic heterocycles. The summed E-state index contributed by atoms with van der Waals surface area (Å²) < 4.78 is 19.0. The molecule has 2 aromatic rings. The molecule has 1 aromatic carbocycles. The van der Waals surface area contributed by atoms with E-state index in [4.69, 9.17) is 4.74 Å². The second kappa shape index (κ2) is 6.51. The highest BCUT2D eigenvalue weighted by atomic mass is 79.9. The molecule has 0 saturated carbocycles. The zero-order valence-corrected chi connectivity index (χ0v) is 12.7. The van der Waals surface area contributed by atoms with Crippen LogP contribution in [0.15, 0.2) is 29.0 Å². The van der Waals surface area contributed by atoms with Gasteiger partial charge in [-0.15, -0.1) is 0 Å². The minimum Gasteiger partial charge on any atom is -0.490 e. The summed E-state index contributed by atoms with van der Waals surface area (Å²) in [7, 11) is 1.55. The fourth-order valence-electron chi connectivity index (χ4n) is 1.67. The van der Waals surface area contributed by atoms with E-state index in [-0.39, 0.29) is 5.82 Å². The Labute approximate surface area is 124 Å². The van der Waals surface area contributed by atoms with Gasteiger partial charge in [0.2, 0.25) is 5.75 Å². The van der Waals surface area contributed by atoms with Crippen molar-refractivity contribution in [1.29, 1.82) is 0 Å².